The van der Waals surface area contributed by atoms with Crippen LogP contribution in [0.1, 0.15) is 44.1 Å². The van der Waals surface area contributed by atoms with Crippen molar-refractivity contribution in [2.24, 2.45) is 0 Å². The summed E-state index contributed by atoms with van der Waals surface area (Å²) in [5, 5.41) is 6.50. The van der Waals surface area contributed by atoms with Crippen LogP contribution < -0.4 is 10.6 Å². The SMILES string of the molecule is O=C(N[C@H]1CCO[C@@]2(CCSC2)C1)NC1(c2ccccc2)CCC1. The van der Waals surface area contributed by atoms with E-state index in [1.165, 1.54) is 17.7 Å². The lowest BCUT2D eigenvalue weighted by Gasteiger charge is -2.44. The number of amides is 2. The average molecular weight is 346 g/mol. The van der Waals surface area contributed by atoms with Gasteiger partial charge >= 0.3 is 6.03 Å². The van der Waals surface area contributed by atoms with Gasteiger partial charge in [-0.15, -0.1) is 0 Å². The molecule has 2 aliphatic heterocycles. The molecule has 2 saturated heterocycles. The molecule has 0 radical (unpaired) electrons. The van der Waals surface area contributed by atoms with E-state index in [1.54, 1.807) is 0 Å². The number of carbonyl (C=O) groups is 1. The van der Waals surface area contributed by atoms with Gasteiger partial charge in [0.25, 0.3) is 0 Å². The van der Waals surface area contributed by atoms with E-state index in [0.29, 0.717) is 0 Å². The molecule has 1 spiro atoms. The highest BCUT2D eigenvalue weighted by Gasteiger charge is 2.43. The molecular formula is C19H26N2O2S. The van der Waals surface area contributed by atoms with Crippen molar-refractivity contribution >= 4 is 17.8 Å². The van der Waals surface area contributed by atoms with Gasteiger partial charge < -0.3 is 15.4 Å². The van der Waals surface area contributed by atoms with Crippen molar-refractivity contribution in [2.75, 3.05) is 18.1 Å². The number of rotatable bonds is 3. The number of hydrogen-bond acceptors (Lipinski definition) is 3. The van der Waals surface area contributed by atoms with Crippen LogP contribution in [-0.2, 0) is 10.3 Å². The van der Waals surface area contributed by atoms with E-state index in [1.807, 2.05) is 17.8 Å². The maximum Gasteiger partial charge on any atom is 0.315 e. The summed E-state index contributed by atoms with van der Waals surface area (Å²) in [6, 6.07) is 10.6. The Kier molecular flexibility index (Phi) is 4.48. The van der Waals surface area contributed by atoms with E-state index < -0.39 is 0 Å². The molecule has 2 heterocycles. The van der Waals surface area contributed by atoms with Crippen molar-refractivity contribution < 1.29 is 9.53 Å². The van der Waals surface area contributed by atoms with E-state index in [2.05, 4.69) is 34.9 Å². The highest BCUT2D eigenvalue weighted by Crippen LogP contribution is 2.41. The van der Waals surface area contributed by atoms with E-state index >= 15 is 0 Å². The van der Waals surface area contributed by atoms with Crippen LogP contribution in [0.5, 0.6) is 0 Å². The Hall–Kier alpha value is -1.20. The molecular weight excluding hydrogens is 320 g/mol. The maximum absolute atomic E-state index is 12.6. The molecule has 130 valence electrons. The molecule has 5 heteroatoms. The molecule has 1 aromatic carbocycles. The third-order valence-corrected chi connectivity index (χ3v) is 7.00. The fraction of sp³-hybridized carbons (Fsp3) is 0.632. The quantitative estimate of drug-likeness (QED) is 0.882. The Morgan fingerprint density at radius 3 is 2.71 bits per heavy atom. The van der Waals surface area contributed by atoms with Crippen molar-refractivity contribution in [3.8, 4) is 0 Å². The smallest absolute Gasteiger partial charge is 0.315 e. The van der Waals surface area contributed by atoms with Crippen LogP contribution in [0.15, 0.2) is 30.3 Å². The number of urea groups is 1. The summed E-state index contributed by atoms with van der Waals surface area (Å²) in [6.45, 7) is 0.759. The number of ether oxygens (including phenoxy) is 1. The highest BCUT2D eigenvalue weighted by atomic mass is 32.2. The van der Waals surface area contributed by atoms with E-state index in [0.717, 1.165) is 44.5 Å². The zero-order valence-corrected chi connectivity index (χ0v) is 14.9. The summed E-state index contributed by atoms with van der Waals surface area (Å²) in [7, 11) is 0. The van der Waals surface area contributed by atoms with Crippen LogP contribution in [0, 0.1) is 0 Å². The third-order valence-electron chi connectivity index (χ3n) is 5.78. The first kappa shape index (κ1) is 16.3. The second-order valence-electron chi connectivity index (χ2n) is 7.42. The van der Waals surface area contributed by atoms with Gasteiger partial charge in [0.15, 0.2) is 0 Å². The van der Waals surface area contributed by atoms with Gasteiger partial charge in [0.2, 0.25) is 0 Å². The van der Waals surface area contributed by atoms with Gasteiger partial charge in [-0.25, -0.2) is 4.79 Å². The van der Waals surface area contributed by atoms with Crippen LogP contribution in [0.25, 0.3) is 0 Å². The molecule has 4 rings (SSSR count). The first-order valence-electron chi connectivity index (χ1n) is 9.06. The van der Waals surface area contributed by atoms with Gasteiger partial charge in [0, 0.05) is 18.4 Å². The first-order chi connectivity index (χ1) is 11.7. The summed E-state index contributed by atoms with van der Waals surface area (Å²) in [4.78, 5) is 12.6. The third kappa shape index (κ3) is 3.16. The first-order valence-corrected chi connectivity index (χ1v) is 10.2. The number of carbonyl (C=O) groups excluding carboxylic acids is 1. The van der Waals surface area contributed by atoms with Gasteiger partial charge in [0.05, 0.1) is 11.1 Å². The molecule has 2 atom stereocenters. The lowest BCUT2D eigenvalue weighted by atomic mass is 9.72. The molecule has 2 amide bonds. The number of thioether (sulfide) groups is 1. The Bertz CT molecular complexity index is 582. The zero-order valence-electron chi connectivity index (χ0n) is 14.1. The molecule has 3 aliphatic rings. The van der Waals surface area contributed by atoms with Gasteiger partial charge in [-0.3, -0.25) is 0 Å². The molecule has 0 unspecified atom stereocenters. The Balaban J connectivity index is 1.38. The predicted octanol–water partition coefficient (Wildman–Crippen LogP) is 3.42. The van der Waals surface area contributed by atoms with Crippen LogP contribution in [-0.4, -0.2) is 35.8 Å². The second-order valence-corrected chi connectivity index (χ2v) is 8.53. The largest absolute Gasteiger partial charge is 0.374 e. The molecule has 24 heavy (non-hydrogen) atoms. The zero-order chi connectivity index (χ0) is 16.5. The number of nitrogens with one attached hydrogen (secondary N) is 2. The number of benzene rings is 1. The molecule has 2 N–H and O–H groups in total. The topological polar surface area (TPSA) is 50.4 Å². The second kappa shape index (κ2) is 6.60. The minimum Gasteiger partial charge on any atom is -0.374 e. The summed E-state index contributed by atoms with van der Waals surface area (Å²) in [6.07, 6.45) is 6.21. The fourth-order valence-corrected chi connectivity index (χ4v) is 5.60. The molecule has 1 saturated carbocycles. The van der Waals surface area contributed by atoms with Gasteiger partial charge in [-0.2, -0.15) is 11.8 Å². The van der Waals surface area contributed by atoms with E-state index in [9.17, 15) is 4.79 Å². The fourth-order valence-electron chi connectivity index (χ4n) is 4.23. The number of hydrogen-bond donors (Lipinski definition) is 2. The lowest BCUT2D eigenvalue weighted by Crippen LogP contribution is -2.57. The van der Waals surface area contributed by atoms with Crippen LogP contribution in [0.3, 0.4) is 0 Å². The summed E-state index contributed by atoms with van der Waals surface area (Å²) >= 11 is 1.97. The van der Waals surface area contributed by atoms with Crippen molar-refractivity contribution in [3.63, 3.8) is 0 Å². The normalized spacial score (nSPS) is 31.4. The molecule has 0 aromatic heterocycles. The lowest BCUT2D eigenvalue weighted by molar-refractivity contribution is -0.0685. The predicted molar refractivity (Wildman–Crippen MR) is 97.3 cm³/mol. The minimum atomic E-state index is -0.169. The van der Waals surface area contributed by atoms with E-state index in [4.69, 9.17) is 4.74 Å². The summed E-state index contributed by atoms with van der Waals surface area (Å²) in [5.41, 5.74) is 1.06. The average Bonchev–Trinajstić information content (AvgIpc) is 2.99. The summed E-state index contributed by atoms with van der Waals surface area (Å²) < 4.78 is 6.05. The summed E-state index contributed by atoms with van der Waals surface area (Å²) in [5.74, 6) is 2.25. The Morgan fingerprint density at radius 2 is 2.04 bits per heavy atom. The Morgan fingerprint density at radius 1 is 1.21 bits per heavy atom. The molecule has 1 aromatic rings. The van der Waals surface area contributed by atoms with Gasteiger partial charge in [-0.05, 0) is 49.8 Å². The van der Waals surface area contributed by atoms with E-state index in [-0.39, 0.29) is 23.2 Å². The molecule has 4 nitrogen and oxygen atoms in total. The van der Waals surface area contributed by atoms with Crippen molar-refractivity contribution in [2.45, 2.75) is 55.7 Å². The van der Waals surface area contributed by atoms with Crippen molar-refractivity contribution in [1.82, 2.24) is 10.6 Å². The van der Waals surface area contributed by atoms with Crippen molar-refractivity contribution in [1.29, 1.82) is 0 Å². The van der Waals surface area contributed by atoms with Crippen LogP contribution in [0.4, 0.5) is 4.79 Å². The highest BCUT2D eigenvalue weighted by molar-refractivity contribution is 7.99. The molecule has 1 aliphatic carbocycles. The standard InChI is InChI=1S/C19H26N2O2S/c22-17(20-16-7-11-23-18(13-16)10-12-24-14-18)21-19(8-4-9-19)15-5-2-1-3-6-15/h1-3,5-6,16H,4,7-14H2,(H2,20,21,22)/t16-,18-/m0/s1. The van der Waals surface area contributed by atoms with Crippen molar-refractivity contribution in [3.05, 3.63) is 35.9 Å². The monoisotopic (exact) mass is 346 g/mol. The molecule has 0 bridgehead atoms. The minimum absolute atomic E-state index is 0.00838. The van der Waals surface area contributed by atoms with Gasteiger partial charge in [0.1, 0.15) is 0 Å². The Labute approximate surface area is 148 Å². The van der Waals surface area contributed by atoms with Gasteiger partial charge in [-0.1, -0.05) is 30.3 Å². The maximum atomic E-state index is 12.6. The molecule has 3 fully saturated rings. The van der Waals surface area contributed by atoms with Crippen LogP contribution in [0.2, 0.25) is 0 Å². The van der Waals surface area contributed by atoms with Crippen LogP contribution >= 0.6 is 11.8 Å².